The number of ether oxygens (including phenoxy) is 1. The van der Waals surface area contributed by atoms with Crippen molar-refractivity contribution >= 4 is 35.0 Å². The molecule has 0 radical (unpaired) electrons. The van der Waals surface area contributed by atoms with Crippen molar-refractivity contribution in [3.8, 4) is 5.75 Å². The molecule has 6 heteroatoms. The van der Waals surface area contributed by atoms with Crippen LogP contribution in [-0.2, 0) is 15.0 Å². The first-order valence-electron chi connectivity index (χ1n) is 8.68. The van der Waals surface area contributed by atoms with Crippen molar-refractivity contribution in [3.05, 3.63) is 48.0 Å². The van der Waals surface area contributed by atoms with Gasteiger partial charge in [0.25, 0.3) is 0 Å². The summed E-state index contributed by atoms with van der Waals surface area (Å²) >= 11 is 1.48. The normalized spacial score (nSPS) is 11.0. The molecule has 0 fully saturated rings. The van der Waals surface area contributed by atoms with Gasteiger partial charge in [0.05, 0.1) is 18.6 Å². The van der Waals surface area contributed by atoms with Gasteiger partial charge in [-0.25, -0.2) is 0 Å². The van der Waals surface area contributed by atoms with Gasteiger partial charge >= 0.3 is 0 Å². The Balaban J connectivity index is 1.96. The van der Waals surface area contributed by atoms with Crippen LogP contribution in [0.5, 0.6) is 5.75 Å². The Hall–Kier alpha value is -2.47. The predicted octanol–water partition coefficient (Wildman–Crippen LogP) is 4.68. The molecule has 2 amide bonds. The van der Waals surface area contributed by atoms with Crippen LogP contribution in [0.2, 0.25) is 0 Å². The lowest BCUT2D eigenvalue weighted by Gasteiger charge is -2.19. The molecule has 0 bridgehead atoms. The molecule has 2 N–H and O–H groups in total. The zero-order valence-corrected chi connectivity index (χ0v) is 17.2. The molecule has 0 saturated heterocycles. The summed E-state index contributed by atoms with van der Waals surface area (Å²) in [5.41, 5.74) is 2.50. The van der Waals surface area contributed by atoms with E-state index in [2.05, 4.69) is 43.5 Å². The van der Waals surface area contributed by atoms with Gasteiger partial charge in [-0.1, -0.05) is 32.9 Å². The molecule has 5 nitrogen and oxygen atoms in total. The molecule has 0 aromatic heterocycles. The van der Waals surface area contributed by atoms with Crippen LogP contribution in [0.25, 0.3) is 0 Å². The fraction of sp³-hybridized carbons (Fsp3) is 0.333. The molecule has 0 spiro atoms. The van der Waals surface area contributed by atoms with Crippen molar-refractivity contribution in [2.24, 2.45) is 0 Å². The third kappa shape index (κ3) is 6.32. The first-order chi connectivity index (χ1) is 12.7. The van der Waals surface area contributed by atoms with E-state index < -0.39 is 0 Å². The van der Waals surface area contributed by atoms with Crippen LogP contribution in [0.3, 0.4) is 0 Å². The maximum atomic E-state index is 12.2. The van der Waals surface area contributed by atoms with Gasteiger partial charge in [-0.15, -0.1) is 11.8 Å². The fourth-order valence-electron chi connectivity index (χ4n) is 2.47. The van der Waals surface area contributed by atoms with Crippen LogP contribution in [0.15, 0.2) is 47.4 Å². The van der Waals surface area contributed by atoms with E-state index in [0.717, 1.165) is 4.90 Å². The summed E-state index contributed by atoms with van der Waals surface area (Å²) in [5.74, 6) is 0.525. The number of thioether (sulfide) groups is 1. The summed E-state index contributed by atoms with van der Waals surface area (Å²) < 4.78 is 5.21. The highest BCUT2D eigenvalue weighted by Gasteiger charge is 2.13. The molecule has 144 valence electrons. The van der Waals surface area contributed by atoms with Crippen molar-refractivity contribution in [1.82, 2.24) is 0 Å². The number of amides is 2. The van der Waals surface area contributed by atoms with Gasteiger partial charge in [0, 0.05) is 17.5 Å². The lowest BCUT2D eigenvalue weighted by Crippen LogP contribution is -2.15. The first-order valence-corrected chi connectivity index (χ1v) is 9.66. The van der Waals surface area contributed by atoms with Gasteiger partial charge in [-0.2, -0.15) is 0 Å². The molecule has 2 aromatic carbocycles. The fourth-order valence-corrected chi connectivity index (χ4v) is 3.17. The monoisotopic (exact) mass is 386 g/mol. The van der Waals surface area contributed by atoms with Crippen molar-refractivity contribution in [2.45, 2.75) is 38.0 Å². The van der Waals surface area contributed by atoms with Crippen LogP contribution in [0, 0.1) is 0 Å². The van der Waals surface area contributed by atoms with Crippen molar-refractivity contribution in [2.75, 3.05) is 23.5 Å². The second-order valence-corrected chi connectivity index (χ2v) is 8.26. The molecular weight excluding hydrogens is 360 g/mol. The van der Waals surface area contributed by atoms with Crippen LogP contribution < -0.4 is 15.4 Å². The van der Waals surface area contributed by atoms with Crippen LogP contribution in [0.1, 0.15) is 33.3 Å². The molecule has 0 atom stereocenters. The lowest BCUT2D eigenvalue weighted by molar-refractivity contribution is -0.114. The summed E-state index contributed by atoms with van der Waals surface area (Å²) in [5, 5.41) is 5.54. The Morgan fingerprint density at radius 3 is 2.26 bits per heavy atom. The van der Waals surface area contributed by atoms with Gasteiger partial charge in [0.15, 0.2) is 0 Å². The number of carbonyl (C=O) groups is 2. The second-order valence-electron chi connectivity index (χ2n) is 7.21. The van der Waals surface area contributed by atoms with Gasteiger partial charge in [0.2, 0.25) is 11.8 Å². The van der Waals surface area contributed by atoms with E-state index in [0.29, 0.717) is 22.9 Å². The van der Waals surface area contributed by atoms with Crippen molar-refractivity contribution in [3.63, 3.8) is 0 Å². The Kier molecular flexibility index (Phi) is 6.91. The molecule has 0 aliphatic carbocycles. The third-order valence-corrected chi connectivity index (χ3v) is 4.90. The Morgan fingerprint density at radius 1 is 1.04 bits per heavy atom. The smallest absolute Gasteiger partial charge is 0.234 e. The molecule has 0 aliphatic rings. The van der Waals surface area contributed by atoms with E-state index in [1.54, 1.807) is 18.2 Å². The van der Waals surface area contributed by atoms with Gasteiger partial charge < -0.3 is 15.4 Å². The number of hydrogen-bond donors (Lipinski definition) is 2. The van der Waals surface area contributed by atoms with Crippen molar-refractivity contribution < 1.29 is 14.3 Å². The Morgan fingerprint density at radius 2 is 1.70 bits per heavy atom. The van der Waals surface area contributed by atoms with Gasteiger partial charge in [-0.3, -0.25) is 9.59 Å². The van der Waals surface area contributed by atoms with E-state index in [4.69, 9.17) is 4.74 Å². The van der Waals surface area contributed by atoms with Gasteiger partial charge in [-0.05, 0) is 41.3 Å². The molecule has 0 unspecified atom stereocenters. The molecule has 27 heavy (non-hydrogen) atoms. The number of benzene rings is 2. The van der Waals surface area contributed by atoms with E-state index in [1.165, 1.54) is 31.4 Å². The number of methoxy groups -OCH3 is 1. The average Bonchev–Trinajstić information content (AvgIpc) is 2.59. The summed E-state index contributed by atoms with van der Waals surface area (Å²) in [6, 6.07) is 13.4. The number of nitrogens with one attached hydrogen (secondary N) is 2. The maximum Gasteiger partial charge on any atom is 0.234 e. The topological polar surface area (TPSA) is 67.4 Å². The highest BCUT2D eigenvalue weighted by molar-refractivity contribution is 8.00. The van der Waals surface area contributed by atoms with E-state index in [-0.39, 0.29) is 17.2 Å². The molecule has 0 heterocycles. The molecule has 2 rings (SSSR count). The minimum atomic E-state index is -0.203. The summed E-state index contributed by atoms with van der Waals surface area (Å²) in [4.78, 5) is 24.6. The summed E-state index contributed by atoms with van der Waals surface area (Å²) in [6.45, 7) is 7.94. The zero-order chi connectivity index (χ0) is 20.0. The SMILES string of the molecule is COc1ccc(NC(=O)CSc2ccc(C(C)(C)C)cc2)cc1NC(C)=O. The molecule has 0 aliphatic heterocycles. The van der Waals surface area contributed by atoms with E-state index in [9.17, 15) is 9.59 Å². The molecule has 0 saturated carbocycles. The maximum absolute atomic E-state index is 12.2. The van der Waals surface area contributed by atoms with Crippen LogP contribution in [0.4, 0.5) is 11.4 Å². The second kappa shape index (κ2) is 8.95. The molecular formula is C21H26N2O3S. The number of hydrogen-bond acceptors (Lipinski definition) is 4. The van der Waals surface area contributed by atoms with Crippen LogP contribution in [-0.4, -0.2) is 24.7 Å². The van der Waals surface area contributed by atoms with E-state index in [1.807, 2.05) is 12.1 Å². The number of carbonyl (C=O) groups excluding carboxylic acids is 2. The predicted molar refractivity (Wildman–Crippen MR) is 112 cm³/mol. The highest BCUT2D eigenvalue weighted by atomic mass is 32.2. The Bertz CT molecular complexity index is 811. The highest BCUT2D eigenvalue weighted by Crippen LogP contribution is 2.28. The van der Waals surface area contributed by atoms with Crippen LogP contribution >= 0.6 is 11.8 Å². The minimum Gasteiger partial charge on any atom is -0.495 e. The third-order valence-electron chi connectivity index (χ3n) is 3.88. The standard InChI is InChI=1S/C21H26N2O3S/c1-14(24)22-18-12-16(8-11-19(18)26-5)23-20(25)13-27-17-9-6-15(7-10-17)21(2,3)4/h6-12H,13H2,1-5H3,(H,22,24)(H,23,25). The van der Waals surface area contributed by atoms with Gasteiger partial charge in [0.1, 0.15) is 5.75 Å². The largest absolute Gasteiger partial charge is 0.495 e. The number of anilines is 2. The Labute approximate surface area is 164 Å². The summed E-state index contributed by atoms with van der Waals surface area (Å²) in [7, 11) is 1.53. The zero-order valence-electron chi connectivity index (χ0n) is 16.4. The van der Waals surface area contributed by atoms with Crippen molar-refractivity contribution in [1.29, 1.82) is 0 Å². The average molecular weight is 387 g/mol. The summed E-state index contributed by atoms with van der Waals surface area (Å²) in [6.07, 6.45) is 0. The lowest BCUT2D eigenvalue weighted by atomic mass is 9.87. The first kappa shape index (κ1) is 20.8. The molecule has 2 aromatic rings. The quantitative estimate of drug-likeness (QED) is 0.707. The number of rotatable bonds is 6. The minimum absolute atomic E-state index is 0.112. The van der Waals surface area contributed by atoms with E-state index >= 15 is 0 Å².